The highest BCUT2D eigenvalue weighted by atomic mass is 31.2. The first-order chi connectivity index (χ1) is 35.0. The van der Waals surface area contributed by atoms with Gasteiger partial charge >= 0.3 is 11.4 Å². The van der Waals surface area contributed by atoms with E-state index in [1.54, 1.807) is 24.3 Å². The van der Waals surface area contributed by atoms with Gasteiger partial charge in [0, 0.05) is 51.4 Å². The van der Waals surface area contributed by atoms with Gasteiger partial charge in [0.1, 0.15) is 40.5 Å². The Labute approximate surface area is 430 Å². The topological polar surface area (TPSA) is 250 Å². The van der Waals surface area contributed by atoms with Gasteiger partial charge in [0.2, 0.25) is 1.43 Å². The van der Waals surface area contributed by atoms with Crippen molar-refractivity contribution in [1.82, 2.24) is 23.8 Å². The largest absolute Gasteiger partial charge is 0.400 e. The maximum absolute atomic E-state index is 13.4. The summed E-state index contributed by atoms with van der Waals surface area (Å²) < 4.78 is 42.8. The maximum atomic E-state index is 13.4. The lowest BCUT2D eigenvalue weighted by Gasteiger charge is -2.37. The Hall–Kier alpha value is -5.48. The lowest BCUT2D eigenvalue weighted by Crippen LogP contribution is -2.35. The Balaban J connectivity index is 0.000000432. The summed E-state index contributed by atoms with van der Waals surface area (Å²) in [5, 5.41) is 34.2. The number of carbonyl (C=O) groups excluding carboxylic acids is 1. The van der Waals surface area contributed by atoms with E-state index in [1.807, 2.05) is 33.8 Å². The third-order valence-electron chi connectivity index (χ3n) is 10.0. The Morgan fingerprint density at radius 3 is 2.04 bits per heavy atom. The summed E-state index contributed by atoms with van der Waals surface area (Å²) in [5.41, 5.74) is 12.2. The van der Waals surface area contributed by atoms with Gasteiger partial charge in [-0.15, -0.1) is 11.1 Å². The molecule has 0 aliphatic carbocycles. The SMILES string of the molecule is C[Si](C)(C)C#CCC#Cc1cn([C@H]2C[C@@H](O)[C@@H](CO)O2)c(=O)nc1N.[2H]C[C@H]1O[C@@H](n2cc(C#CCC#C[Si](C)(C)C)c(NC(=O)c3ccccc3)nc2=O)C[C@H]1OP(OCCC#N)N(C(C)C)C(C)C.[3H]OC. The van der Waals surface area contributed by atoms with E-state index >= 15 is 0 Å². The van der Waals surface area contributed by atoms with E-state index in [9.17, 15) is 19.5 Å². The zero-order chi connectivity index (χ0) is 55.2. The van der Waals surface area contributed by atoms with E-state index in [0.717, 1.165) is 0 Å². The fourth-order valence-corrected chi connectivity index (χ4v) is 9.84. The van der Waals surface area contributed by atoms with Crippen molar-refractivity contribution in [3.8, 4) is 52.7 Å². The van der Waals surface area contributed by atoms with Crippen molar-refractivity contribution in [2.24, 2.45) is 0 Å². The molecule has 2 fully saturated rings. The molecule has 0 radical (unpaired) electrons. The molecule has 2 saturated heterocycles. The van der Waals surface area contributed by atoms with Gasteiger partial charge in [-0.25, -0.2) is 14.3 Å². The van der Waals surface area contributed by atoms with Gasteiger partial charge in [-0.1, -0.05) is 93.0 Å². The molecule has 388 valence electrons. The first kappa shape index (κ1) is 57.4. The average molecular weight is 1050 g/mol. The summed E-state index contributed by atoms with van der Waals surface area (Å²) in [6.45, 7) is 20.9. The number of nitrogens with one attached hydrogen (secondary N) is 1. The number of nitrogens with zero attached hydrogens (tertiary/aromatic N) is 6. The number of carbonyl (C=O) groups is 1. The van der Waals surface area contributed by atoms with Crippen LogP contribution in [-0.4, -0.2) is 119 Å². The number of amides is 1. The summed E-state index contributed by atoms with van der Waals surface area (Å²) >= 11 is 0. The van der Waals surface area contributed by atoms with E-state index < -0.39 is 78.8 Å². The van der Waals surface area contributed by atoms with Crippen LogP contribution in [-0.2, 0) is 18.5 Å². The van der Waals surface area contributed by atoms with E-state index in [2.05, 4.69) is 117 Å². The number of benzene rings is 1. The molecule has 6 N–H and O–H groups in total. The third kappa shape index (κ3) is 19.5. The molecule has 0 saturated carbocycles. The van der Waals surface area contributed by atoms with Crippen LogP contribution in [0.4, 0.5) is 11.6 Å². The van der Waals surface area contributed by atoms with Crippen molar-refractivity contribution in [3.63, 3.8) is 0 Å². The zero-order valence-electron chi connectivity index (χ0n) is 45.2. The van der Waals surface area contributed by atoms with Crippen LogP contribution in [0.1, 0.15) is 102 Å². The molecule has 2 aliphatic heterocycles. The van der Waals surface area contributed by atoms with Crippen LogP contribution in [0.15, 0.2) is 52.3 Å². The molecule has 1 unspecified atom stereocenters. The van der Waals surface area contributed by atoms with Gasteiger partial charge < -0.3 is 44.9 Å². The highest BCUT2D eigenvalue weighted by Crippen LogP contribution is 2.50. The number of hydrogen-bond acceptors (Lipinski definition) is 15. The van der Waals surface area contributed by atoms with Gasteiger partial charge in [0.25, 0.3) is 14.4 Å². The number of rotatable bonds is 13. The van der Waals surface area contributed by atoms with Crippen LogP contribution in [0.25, 0.3) is 0 Å². The molecule has 21 heteroatoms. The molecule has 4 heterocycles. The second-order valence-corrected chi connectivity index (χ2v) is 29.9. The average Bonchev–Trinajstić information content (AvgIpc) is 3.91. The van der Waals surface area contributed by atoms with Gasteiger partial charge in [-0.2, -0.15) is 15.2 Å². The molecular formula is C51H71N8O10PSi2. The van der Waals surface area contributed by atoms with Crippen molar-refractivity contribution in [2.45, 2.75) is 155 Å². The lowest BCUT2D eigenvalue weighted by atomic mass is 10.2. The number of ether oxygens (including phenoxy) is 2. The number of anilines is 2. The predicted octanol–water partition coefficient (Wildman–Crippen LogP) is 5.78. The number of hydrogen-bond donors (Lipinski definition) is 5. The highest BCUT2D eigenvalue weighted by molar-refractivity contribution is 7.44. The Bertz CT molecular complexity index is 2730. The Morgan fingerprint density at radius 1 is 0.958 bits per heavy atom. The number of aliphatic hydroxyl groups is 3. The van der Waals surface area contributed by atoms with Crippen molar-refractivity contribution < 1.29 is 40.0 Å². The number of aromatic nitrogens is 4. The van der Waals surface area contributed by atoms with Crippen LogP contribution in [0.2, 0.25) is 39.3 Å². The summed E-state index contributed by atoms with van der Waals surface area (Å²) in [5.74, 6) is 17.7. The summed E-state index contributed by atoms with van der Waals surface area (Å²) in [7, 11) is -3.27. The third-order valence-corrected chi connectivity index (χ3v) is 14.0. The van der Waals surface area contributed by atoms with E-state index in [1.165, 1.54) is 28.6 Å². The Morgan fingerprint density at radius 2 is 1.51 bits per heavy atom. The molecule has 1 amide bonds. The minimum atomic E-state index is -1.58. The van der Waals surface area contributed by atoms with Crippen molar-refractivity contribution in [2.75, 3.05) is 31.4 Å². The number of aliphatic hydroxyl groups excluding tert-OH is 3. The minimum Gasteiger partial charge on any atom is -0.400 e. The quantitative estimate of drug-likeness (QED) is 0.0589. The van der Waals surface area contributed by atoms with Crippen LogP contribution < -0.4 is 22.4 Å². The fraction of sp³-hybridized carbons (Fsp3) is 0.529. The van der Waals surface area contributed by atoms with Crippen LogP contribution >= 0.6 is 8.53 Å². The highest BCUT2D eigenvalue weighted by Gasteiger charge is 2.40. The molecule has 7 atom stereocenters. The second kappa shape index (κ2) is 29.3. The second-order valence-electron chi connectivity index (χ2n) is 19.0. The van der Waals surface area contributed by atoms with Crippen LogP contribution in [0.3, 0.4) is 0 Å². The van der Waals surface area contributed by atoms with Gasteiger partial charge in [-0.3, -0.25) is 13.9 Å². The molecule has 2 aromatic heterocycles. The molecule has 5 rings (SSSR count). The Kier molecular flexibility index (Phi) is 23.4. The first-order valence-corrected chi connectivity index (χ1v) is 31.6. The number of nitrogen functional groups attached to an aromatic ring is 1. The fourth-order valence-electron chi connectivity index (χ4n) is 6.85. The van der Waals surface area contributed by atoms with Crippen molar-refractivity contribution >= 4 is 42.2 Å². The van der Waals surface area contributed by atoms with Crippen molar-refractivity contribution in [1.29, 1.82) is 6.69 Å². The van der Waals surface area contributed by atoms with Crippen molar-refractivity contribution in [3.05, 3.63) is 80.4 Å². The summed E-state index contributed by atoms with van der Waals surface area (Å²) in [4.78, 5) is 46.3. The van der Waals surface area contributed by atoms with E-state index in [4.69, 9.17) is 37.4 Å². The standard InChI is InChI=1S/C33H44N5O5PSi.C17H23N3O4Si.CH4O/c1-24(2)38(25(3)4)44(41-20-15-19-34)43-29-22-30(42-26(29)5)37-23-28(18-13-10-14-21-45(6,7)8)31(36-33(37)40)35-32(39)27-16-11-9-12-17-27;1-25(2,3)8-6-4-5-7-12-10-20(17(23)19-16(12)18)15-9-13(22)14(11-21)24-15;1-2/h9,11-12,16-17,23-26,29-30H,10,15,20,22H2,1-8H3,(H,35,36,39,40);10,13-15,21-22H,4,9,11H2,1-3H3,(H2,18,19,23);2H,1H3/t26-,29-,30-,44?;13-,14-,15-;/m11./s1/i5D;;2T. The van der Waals surface area contributed by atoms with E-state index in [0.29, 0.717) is 29.5 Å². The normalized spacial score (nSPS) is 19.9. The maximum Gasteiger partial charge on any atom is 0.351 e. The van der Waals surface area contributed by atoms with Gasteiger partial charge in [0.05, 0.1) is 68.0 Å². The molecular weight excluding hydrogens is 972 g/mol. The smallest absolute Gasteiger partial charge is 0.351 e. The molecule has 72 heavy (non-hydrogen) atoms. The zero-order valence-corrected chi connectivity index (χ0v) is 46.1. The predicted molar refractivity (Wildman–Crippen MR) is 285 cm³/mol. The number of nitrogens with two attached hydrogens (primary N) is 1. The number of nitriles is 1. The van der Waals surface area contributed by atoms with Gasteiger partial charge in [-0.05, 0) is 46.7 Å². The first-order valence-electron chi connectivity index (χ1n) is 24.6. The molecule has 2 aliphatic rings. The van der Waals surface area contributed by atoms with Crippen LogP contribution in [0, 0.1) is 57.9 Å². The lowest BCUT2D eigenvalue weighted by molar-refractivity contribution is -0.0458. The summed E-state index contributed by atoms with van der Waals surface area (Å²) in [6.07, 6.45) is 0.172. The monoisotopic (exact) mass is 1050 g/mol. The molecule has 0 spiro atoms. The molecule has 18 nitrogen and oxygen atoms in total. The molecule has 3 aromatic rings. The van der Waals surface area contributed by atoms with Crippen LogP contribution in [0.5, 0.6) is 0 Å². The van der Waals surface area contributed by atoms with E-state index in [-0.39, 0.29) is 63.1 Å². The molecule has 0 bridgehead atoms. The summed E-state index contributed by atoms with van der Waals surface area (Å²) in [6, 6.07) is 10.9. The van der Waals surface area contributed by atoms with Gasteiger partial charge in [0.15, 0.2) is 5.82 Å². The minimum absolute atomic E-state index is 0.0440. The molecule has 1 aromatic carbocycles.